The zero-order chi connectivity index (χ0) is 14.7. The van der Waals surface area contributed by atoms with E-state index in [-0.39, 0.29) is 24.1 Å². The second kappa shape index (κ2) is 6.06. The average Bonchev–Trinajstić information content (AvgIpc) is 2.83. The van der Waals surface area contributed by atoms with Crippen LogP contribution < -0.4 is 15.2 Å². The summed E-state index contributed by atoms with van der Waals surface area (Å²) in [6, 6.07) is 2.82. The predicted octanol–water partition coefficient (Wildman–Crippen LogP) is 1.35. The molecule has 1 saturated carbocycles. The molecule has 0 amide bonds. The van der Waals surface area contributed by atoms with Gasteiger partial charge in [0.05, 0.1) is 24.2 Å². The van der Waals surface area contributed by atoms with Crippen molar-refractivity contribution in [2.75, 3.05) is 7.11 Å². The molecule has 7 heteroatoms. The van der Waals surface area contributed by atoms with E-state index in [0.717, 1.165) is 12.8 Å². The van der Waals surface area contributed by atoms with Crippen LogP contribution in [-0.2, 0) is 6.54 Å². The third-order valence-electron chi connectivity index (χ3n) is 3.48. The summed E-state index contributed by atoms with van der Waals surface area (Å²) in [4.78, 5) is 10.5. The van der Waals surface area contributed by atoms with Crippen LogP contribution >= 0.6 is 0 Å². The molecule has 1 aliphatic rings. The quantitative estimate of drug-likeness (QED) is 0.623. The molecule has 7 nitrogen and oxygen atoms in total. The van der Waals surface area contributed by atoms with E-state index in [1.807, 2.05) is 0 Å². The number of benzene rings is 1. The number of nitro benzene ring substituents is 1. The Balaban J connectivity index is 2.35. The monoisotopic (exact) mass is 282 g/mol. The summed E-state index contributed by atoms with van der Waals surface area (Å²) in [5, 5.41) is 20.8. The van der Waals surface area contributed by atoms with Crippen LogP contribution in [0, 0.1) is 10.1 Å². The van der Waals surface area contributed by atoms with Gasteiger partial charge < -0.3 is 20.3 Å². The third-order valence-corrected chi connectivity index (χ3v) is 3.48. The van der Waals surface area contributed by atoms with Crippen molar-refractivity contribution in [3.8, 4) is 11.5 Å². The van der Waals surface area contributed by atoms with Gasteiger partial charge in [0.25, 0.3) is 5.69 Å². The van der Waals surface area contributed by atoms with Gasteiger partial charge >= 0.3 is 0 Å². The Kier molecular flexibility index (Phi) is 4.41. The summed E-state index contributed by atoms with van der Waals surface area (Å²) in [6.07, 6.45) is 1.37. The largest absolute Gasteiger partial charge is 0.493 e. The first-order chi connectivity index (χ1) is 9.56. The van der Waals surface area contributed by atoms with Gasteiger partial charge in [-0.3, -0.25) is 10.1 Å². The molecule has 0 heterocycles. The molecule has 0 aromatic heterocycles. The minimum atomic E-state index is -0.548. The molecule has 110 valence electrons. The van der Waals surface area contributed by atoms with Crippen LogP contribution in [0.3, 0.4) is 0 Å². The van der Waals surface area contributed by atoms with Gasteiger partial charge in [-0.1, -0.05) is 0 Å². The van der Waals surface area contributed by atoms with Crippen molar-refractivity contribution in [1.82, 2.24) is 0 Å². The van der Waals surface area contributed by atoms with E-state index in [1.54, 1.807) is 0 Å². The summed E-state index contributed by atoms with van der Waals surface area (Å²) in [6.45, 7) is 0.0407. The SMILES string of the molecule is COc1cc(CN)c([N+](=O)[O-])cc1OC1CCCC1O. The number of methoxy groups -OCH3 is 1. The highest BCUT2D eigenvalue weighted by atomic mass is 16.6. The standard InChI is InChI=1S/C13H18N2O5/c1-19-12-5-8(7-14)9(15(17)18)6-13(12)20-11-4-2-3-10(11)16/h5-6,10-11,16H,2-4,7,14H2,1H3. The van der Waals surface area contributed by atoms with Gasteiger partial charge in [0.15, 0.2) is 11.5 Å². The molecule has 1 aromatic carbocycles. The van der Waals surface area contributed by atoms with Crippen LogP contribution in [-0.4, -0.2) is 29.3 Å². The first-order valence-electron chi connectivity index (χ1n) is 6.47. The van der Waals surface area contributed by atoms with Gasteiger partial charge in [-0.2, -0.15) is 0 Å². The highest BCUT2D eigenvalue weighted by Gasteiger charge is 2.29. The van der Waals surface area contributed by atoms with Crippen molar-refractivity contribution >= 4 is 5.69 Å². The van der Waals surface area contributed by atoms with Crippen molar-refractivity contribution in [1.29, 1.82) is 0 Å². The molecule has 0 saturated heterocycles. The fourth-order valence-corrected chi connectivity index (χ4v) is 2.38. The maximum atomic E-state index is 11.0. The van der Waals surface area contributed by atoms with E-state index >= 15 is 0 Å². The molecule has 2 rings (SSSR count). The lowest BCUT2D eigenvalue weighted by molar-refractivity contribution is -0.385. The molecular weight excluding hydrogens is 264 g/mol. The molecule has 2 atom stereocenters. The maximum Gasteiger partial charge on any atom is 0.277 e. The van der Waals surface area contributed by atoms with Gasteiger partial charge in [-0.25, -0.2) is 0 Å². The van der Waals surface area contributed by atoms with Crippen molar-refractivity contribution in [2.24, 2.45) is 5.73 Å². The van der Waals surface area contributed by atoms with E-state index in [4.69, 9.17) is 15.2 Å². The number of rotatable bonds is 5. The Morgan fingerprint density at radius 1 is 1.45 bits per heavy atom. The molecule has 1 fully saturated rings. The molecule has 3 N–H and O–H groups in total. The number of ether oxygens (including phenoxy) is 2. The van der Waals surface area contributed by atoms with Gasteiger partial charge in [-0.05, 0) is 25.3 Å². The molecule has 20 heavy (non-hydrogen) atoms. The highest BCUT2D eigenvalue weighted by molar-refractivity contribution is 5.54. The van der Waals surface area contributed by atoms with Gasteiger partial charge in [0.2, 0.25) is 0 Å². The zero-order valence-electron chi connectivity index (χ0n) is 11.2. The second-order valence-corrected chi connectivity index (χ2v) is 4.75. The number of nitrogens with zero attached hydrogens (tertiary/aromatic N) is 1. The molecule has 1 aliphatic carbocycles. The lowest BCUT2D eigenvalue weighted by Crippen LogP contribution is -2.25. The fourth-order valence-electron chi connectivity index (χ4n) is 2.38. The Bertz CT molecular complexity index is 506. The number of aliphatic hydroxyl groups excluding tert-OH is 1. The normalized spacial score (nSPS) is 21.8. The van der Waals surface area contributed by atoms with Gasteiger partial charge in [0, 0.05) is 12.1 Å². The van der Waals surface area contributed by atoms with Crippen LogP contribution in [0.1, 0.15) is 24.8 Å². The summed E-state index contributed by atoms with van der Waals surface area (Å²) < 4.78 is 10.9. The summed E-state index contributed by atoms with van der Waals surface area (Å²) in [5.41, 5.74) is 5.79. The van der Waals surface area contributed by atoms with Gasteiger partial charge in [0.1, 0.15) is 6.10 Å². The molecule has 0 spiro atoms. The summed E-state index contributed by atoms with van der Waals surface area (Å²) in [5.74, 6) is 0.650. The lowest BCUT2D eigenvalue weighted by atomic mass is 10.1. The fraction of sp³-hybridized carbons (Fsp3) is 0.538. The Morgan fingerprint density at radius 2 is 2.20 bits per heavy atom. The van der Waals surface area contributed by atoms with E-state index in [9.17, 15) is 15.2 Å². The third kappa shape index (κ3) is 2.83. The summed E-state index contributed by atoms with van der Waals surface area (Å²) in [7, 11) is 1.46. The zero-order valence-corrected chi connectivity index (χ0v) is 11.2. The number of nitro groups is 1. The number of hydrogen-bond acceptors (Lipinski definition) is 6. The second-order valence-electron chi connectivity index (χ2n) is 4.75. The number of aliphatic hydroxyl groups is 1. The molecule has 0 bridgehead atoms. The molecule has 0 aliphatic heterocycles. The first kappa shape index (κ1) is 14.5. The minimum absolute atomic E-state index is 0.0407. The molecular formula is C13H18N2O5. The average molecular weight is 282 g/mol. The number of hydrogen-bond donors (Lipinski definition) is 2. The smallest absolute Gasteiger partial charge is 0.277 e. The van der Waals surface area contributed by atoms with Crippen molar-refractivity contribution < 1.29 is 19.5 Å². The van der Waals surface area contributed by atoms with Crippen LogP contribution in [0.4, 0.5) is 5.69 Å². The van der Waals surface area contributed by atoms with E-state index < -0.39 is 11.0 Å². The minimum Gasteiger partial charge on any atom is -0.493 e. The van der Waals surface area contributed by atoms with Crippen LogP contribution in [0.2, 0.25) is 0 Å². The van der Waals surface area contributed by atoms with Gasteiger partial charge in [-0.15, -0.1) is 0 Å². The Hall–Kier alpha value is -1.86. The molecule has 2 unspecified atom stereocenters. The first-order valence-corrected chi connectivity index (χ1v) is 6.47. The van der Waals surface area contributed by atoms with Crippen LogP contribution in [0.25, 0.3) is 0 Å². The highest BCUT2D eigenvalue weighted by Crippen LogP contribution is 2.37. The van der Waals surface area contributed by atoms with Crippen molar-refractivity contribution in [3.63, 3.8) is 0 Å². The van der Waals surface area contributed by atoms with E-state index in [2.05, 4.69) is 0 Å². The maximum absolute atomic E-state index is 11.0. The lowest BCUT2D eigenvalue weighted by Gasteiger charge is -2.19. The van der Waals surface area contributed by atoms with Crippen LogP contribution in [0.15, 0.2) is 12.1 Å². The van der Waals surface area contributed by atoms with Crippen molar-refractivity contribution in [3.05, 3.63) is 27.8 Å². The van der Waals surface area contributed by atoms with E-state index in [1.165, 1.54) is 19.2 Å². The van der Waals surface area contributed by atoms with E-state index in [0.29, 0.717) is 17.7 Å². The Morgan fingerprint density at radius 3 is 2.70 bits per heavy atom. The topological polar surface area (TPSA) is 108 Å². The molecule has 1 aromatic rings. The summed E-state index contributed by atoms with van der Waals surface area (Å²) >= 11 is 0. The van der Waals surface area contributed by atoms with Crippen molar-refractivity contribution in [2.45, 2.75) is 38.0 Å². The number of nitrogens with two attached hydrogens (primary N) is 1. The predicted molar refractivity (Wildman–Crippen MR) is 71.8 cm³/mol. The Labute approximate surface area is 116 Å². The van der Waals surface area contributed by atoms with Crippen LogP contribution in [0.5, 0.6) is 11.5 Å². The molecule has 0 radical (unpaired) electrons.